The van der Waals surface area contributed by atoms with Gasteiger partial charge in [-0.25, -0.2) is 0 Å². The molecule has 1 aliphatic carbocycles. The van der Waals surface area contributed by atoms with E-state index in [1.54, 1.807) is 0 Å². The molecule has 0 aromatic heterocycles. The average molecular weight is 208 g/mol. The van der Waals surface area contributed by atoms with E-state index in [1.807, 2.05) is 0 Å². The second-order valence-electron chi connectivity index (χ2n) is 3.52. The highest BCUT2D eigenvalue weighted by Gasteiger charge is 2.23. The third-order valence-corrected chi connectivity index (χ3v) is 2.74. The Morgan fingerprint density at radius 3 is 2.83 bits per heavy atom. The zero-order valence-electron chi connectivity index (χ0n) is 7.32. The molecular formula is C9H15Cl2N. The summed E-state index contributed by atoms with van der Waals surface area (Å²) < 4.78 is 0. The first-order chi connectivity index (χ1) is 5.72. The Bertz CT molecular complexity index is 164. The van der Waals surface area contributed by atoms with E-state index < -0.39 is 0 Å². The van der Waals surface area contributed by atoms with Gasteiger partial charge in [0.15, 0.2) is 0 Å². The topological polar surface area (TPSA) is 12.0 Å². The molecule has 0 radical (unpaired) electrons. The monoisotopic (exact) mass is 207 g/mol. The lowest BCUT2D eigenvalue weighted by Crippen LogP contribution is -2.27. The van der Waals surface area contributed by atoms with Gasteiger partial charge < -0.3 is 5.32 Å². The van der Waals surface area contributed by atoms with Crippen LogP contribution >= 0.6 is 23.2 Å². The second kappa shape index (κ2) is 5.11. The predicted molar refractivity (Wildman–Crippen MR) is 54.6 cm³/mol. The first kappa shape index (κ1) is 10.4. The predicted octanol–water partition coefficient (Wildman–Crippen LogP) is 3.08. The Hall–Kier alpha value is 0.280. The van der Waals surface area contributed by atoms with Gasteiger partial charge in [0.25, 0.3) is 0 Å². The van der Waals surface area contributed by atoms with E-state index in [0.29, 0.717) is 17.6 Å². The van der Waals surface area contributed by atoms with Gasteiger partial charge in [-0.2, -0.15) is 0 Å². The van der Waals surface area contributed by atoms with Crippen LogP contribution in [-0.2, 0) is 0 Å². The average Bonchev–Trinajstić information content (AvgIpc) is 2.84. The van der Waals surface area contributed by atoms with Crippen molar-refractivity contribution >= 4 is 23.2 Å². The molecule has 1 unspecified atom stereocenters. The normalized spacial score (nSPS) is 21.1. The summed E-state index contributed by atoms with van der Waals surface area (Å²) in [6, 6.07) is 0.558. The molecule has 1 nitrogen and oxygen atoms in total. The smallest absolute Gasteiger partial charge is 0.0431 e. The van der Waals surface area contributed by atoms with Crippen molar-refractivity contribution in [2.75, 3.05) is 6.54 Å². The van der Waals surface area contributed by atoms with Crippen LogP contribution in [0.2, 0.25) is 0 Å². The summed E-state index contributed by atoms with van der Waals surface area (Å²) in [6.07, 6.45) is 4.09. The minimum absolute atomic E-state index is 0.558. The molecule has 0 aromatic carbocycles. The van der Waals surface area contributed by atoms with Crippen LogP contribution in [0.3, 0.4) is 0 Å². The zero-order valence-corrected chi connectivity index (χ0v) is 8.83. The molecule has 1 atom stereocenters. The first-order valence-corrected chi connectivity index (χ1v) is 5.22. The number of nitrogens with one attached hydrogen (secondary N) is 1. The van der Waals surface area contributed by atoms with Gasteiger partial charge in [0.05, 0.1) is 0 Å². The van der Waals surface area contributed by atoms with Crippen molar-refractivity contribution in [1.29, 1.82) is 0 Å². The van der Waals surface area contributed by atoms with Crippen LogP contribution in [0.5, 0.6) is 0 Å². The van der Waals surface area contributed by atoms with Crippen LogP contribution in [-0.4, -0.2) is 12.6 Å². The van der Waals surface area contributed by atoms with Gasteiger partial charge in [0.2, 0.25) is 0 Å². The van der Waals surface area contributed by atoms with Gasteiger partial charge in [-0.15, -0.1) is 0 Å². The van der Waals surface area contributed by atoms with E-state index in [9.17, 15) is 0 Å². The number of rotatable bonds is 5. The van der Waals surface area contributed by atoms with E-state index in [4.69, 9.17) is 23.2 Å². The maximum absolute atomic E-state index is 5.73. The van der Waals surface area contributed by atoms with Crippen molar-refractivity contribution in [3.8, 4) is 0 Å². The molecule has 3 heteroatoms. The van der Waals surface area contributed by atoms with Crippen LogP contribution < -0.4 is 5.32 Å². The molecule has 1 N–H and O–H groups in total. The lowest BCUT2D eigenvalue weighted by molar-refractivity contribution is 0.510. The fourth-order valence-corrected chi connectivity index (χ4v) is 1.40. The van der Waals surface area contributed by atoms with Gasteiger partial charge in [-0.05, 0) is 19.3 Å². The molecule has 0 amide bonds. The third-order valence-electron chi connectivity index (χ3n) is 2.12. The van der Waals surface area contributed by atoms with Crippen molar-refractivity contribution in [3.63, 3.8) is 0 Å². The molecule has 0 bridgehead atoms. The molecule has 1 rings (SSSR count). The summed E-state index contributed by atoms with van der Waals surface area (Å²) in [4.78, 5) is 0. The molecule has 1 saturated carbocycles. The fourth-order valence-electron chi connectivity index (χ4n) is 1.25. The van der Waals surface area contributed by atoms with Gasteiger partial charge in [0, 0.05) is 23.2 Å². The zero-order chi connectivity index (χ0) is 8.97. The standard InChI is InChI=1S/C9H15Cl2N/c1-7(4-8-2-3-8)12-6-9(11)5-10/h5,7-8,12H,2-4,6H2,1H3. The lowest BCUT2D eigenvalue weighted by atomic mass is 10.1. The fraction of sp³-hybridized carbons (Fsp3) is 0.778. The van der Waals surface area contributed by atoms with Crippen LogP contribution in [0.1, 0.15) is 26.2 Å². The minimum Gasteiger partial charge on any atom is -0.309 e. The molecule has 0 saturated heterocycles. The van der Waals surface area contributed by atoms with Gasteiger partial charge in [-0.3, -0.25) is 0 Å². The van der Waals surface area contributed by atoms with E-state index in [-0.39, 0.29) is 0 Å². The summed E-state index contributed by atoms with van der Waals surface area (Å²) in [5.74, 6) is 0.964. The quantitative estimate of drug-likeness (QED) is 0.732. The molecule has 0 heterocycles. The van der Waals surface area contributed by atoms with Crippen LogP contribution in [0.25, 0.3) is 0 Å². The Kier molecular flexibility index (Phi) is 4.41. The summed E-state index contributed by atoms with van der Waals surface area (Å²) in [5.41, 5.74) is 1.42. The lowest BCUT2D eigenvalue weighted by Gasteiger charge is -2.11. The number of hydrogen-bond donors (Lipinski definition) is 1. The molecular weight excluding hydrogens is 193 g/mol. The van der Waals surface area contributed by atoms with Gasteiger partial charge in [-0.1, -0.05) is 36.0 Å². The summed E-state index contributed by atoms with van der Waals surface area (Å²) >= 11 is 11.1. The van der Waals surface area contributed by atoms with E-state index in [0.717, 1.165) is 5.92 Å². The Labute approximate surface area is 84.1 Å². The van der Waals surface area contributed by atoms with Crippen molar-refractivity contribution < 1.29 is 0 Å². The van der Waals surface area contributed by atoms with Crippen LogP contribution in [0, 0.1) is 5.92 Å². The molecule has 0 aromatic rings. The van der Waals surface area contributed by atoms with Crippen molar-refractivity contribution in [2.24, 2.45) is 5.92 Å². The largest absolute Gasteiger partial charge is 0.309 e. The molecule has 70 valence electrons. The van der Waals surface area contributed by atoms with E-state index in [2.05, 4.69) is 12.2 Å². The molecule has 0 aliphatic heterocycles. The van der Waals surface area contributed by atoms with Crippen molar-refractivity contribution in [2.45, 2.75) is 32.2 Å². The number of halogens is 2. The first-order valence-electron chi connectivity index (χ1n) is 4.40. The van der Waals surface area contributed by atoms with Crippen molar-refractivity contribution in [1.82, 2.24) is 5.32 Å². The SMILES string of the molecule is CC(CC1CC1)NCC(Cl)=CCl. The molecule has 1 aliphatic rings. The third kappa shape index (κ3) is 4.34. The maximum Gasteiger partial charge on any atom is 0.0431 e. The maximum atomic E-state index is 5.73. The van der Waals surface area contributed by atoms with Gasteiger partial charge >= 0.3 is 0 Å². The Balaban J connectivity index is 2.04. The molecule has 1 fully saturated rings. The minimum atomic E-state index is 0.558. The summed E-state index contributed by atoms with van der Waals surface area (Å²) in [7, 11) is 0. The van der Waals surface area contributed by atoms with Crippen LogP contribution in [0.15, 0.2) is 10.6 Å². The second-order valence-corrected chi connectivity index (χ2v) is 4.22. The Morgan fingerprint density at radius 2 is 2.33 bits per heavy atom. The summed E-state index contributed by atoms with van der Waals surface area (Å²) in [5, 5.41) is 4.00. The van der Waals surface area contributed by atoms with E-state index in [1.165, 1.54) is 24.8 Å². The van der Waals surface area contributed by atoms with E-state index >= 15 is 0 Å². The van der Waals surface area contributed by atoms with Crippen molar-refractivity contribution in [3.05, 3.63) is 10.6 Å². The summed E-state index contributed by atoms with van der Waals surface area (Å²) in [6.45, 7) is 2.88. The molecule has 0 spiro atoms. The van der Waals surface area contributed by atoms with Crippen LogP contribution in [0.4, 0.5) is 0 Å². The highest BCUT2D eigenvalue weighted by molar-refractivity contribution is 6.36. The molecule has 12 heavy (non-hydrogen) atoms. The number of hydrogen-bond acceptors (Lipinski definition) is 1. The Morgan fingerprint density at radius 1 is 1.67 bits per heavy atom. The highest BCUT2D eigenvalue weighted by atomic mass is 35.5. The highest BCUT2D eigenvalue weighted by Crippen LogP contribution is 2.33. The van der Waals surface area contributed by atoms with Gasteiger partial charge in [0.1, 0.15) is 0 Å².